The standard InChI is InChI=1S/C22H35N3O5S/c1-16-10-17(2)14-25(13-16)31(27,28)24-9-5-6-19(15-24)22(26)23-12-18-7-8-20(29-3)11-21(18)30-4/h7-8,11,16-17,19H,5-6,9-10,12-15H2,1-4H3,(H,23,26)/t16-,17-,19+/m0/s1. The smallest absolute Gasteiger partial charge is 0.282 e. The van der Waals surface area contributed by atoms with Crippen LogP contribution in [-0.4, -0.2) is 63.3 Å². The van der Waals surface area contributed by atoms with Gasteiger partial charge in [0.25, 0.3) is 10.2 Å². The Morgan fingerprint density at radius 2 is 1.81 bits per heavy atom. The first kappa shape index (κ1) is 23.8. The van der Waals surface area contributed by atoms with Gasteiger partial charge >= 0.3 is 0 Å². The van der Waals surface area contributed by atoms with Crippen molar-refractivity contribution < 1.29 is 22.7 Å². The van der Waals surface area contributed by atoms with Gasteiger partial charge in [0, 0.05) is 44.4 Å². The number of nitrogens with zero attached hydrogens (tertiary/aromatic N) is 2. The first-order valence-corrected chi connectivity index (χ1v) is 12.4. The van der Waals surface area contributed by atoms with Crippen molar-refractivity contribution in [2.75, 3.05) is 40.4 Å². The Kier molecular flexibility index (Phi) is 7.82. The summed E-state index contributed by atoms with van der Waals surface area (Å²) in [6.45, 7) is 6.31. The molecule has 8 nitrogen and oxygen atoms in total. The van der Waals surface area contributed by atoms with Crippen LogP contribution in [0.5, 0.6) is 11.5 Å². The highest BCUT2D eigenvalue weighted by Gasteiger charge is 2.38. The molecule has 0 bridgehead atoms. The molecule has 1 aromatic rings. The molecule has 1 aromatic carbocycles. The molecule has 3 atom stereocenters. The minimum Gasteiger partial charge on any atom is -0.497 e. The highest BCUT2D eigenvalue weighted by molar-refractivity contribution is 7.86. The van der Waals surface area contributed by atoms with E-state index >= 15 is 0 Å². The first-order chi connectivity index (χ1) is 14.7. The van der Waals surface area contributed by atoms with Crippen LogP contribution in [0.2, 0.25) is 0 Å². The Hall–Kier alpha value is -1.84. The van der Waals surface area contributed by atoms with Gasteiger partial charge in [0.05, 0.1) is 20.1 Å². The van der Waals surface area contributed by atoms with E-state index in [0.717, 1.165) is 12.0 Å². The van der Waals surface area contributed by atoms with Gasteiger partial charge in [-0.05, 0) is 43.2 Å². The number of benzene rings is 1. The summed E-state index contributed by atoms with van der Waals surface area (Å²) >= 11 is 0. The Bertz CT molecular complexity index is 866. The van der Waals surface area contributed by atoms with E-state index < -0.39 is 10.2 Å². The number of rotatable bonds is 7. The maximum atomic E-state index is 13.2. The lowest BCUT2D eigenvalue weighted by molar-refractivity contribution is -0.126. The molecule has 2 aliphatic rings. The summed E-state index contributed by atoms with van der Waals surface area (Å²) < 4.78 is 40.1. The third-order valence-electron chi connectivity index (χ3n) is 6.19. The highest BCUT2D eigenvalue weighted by Crippen LogP contribution is 2.28. The minimum atomic E-state index is -3.55. The minimum absolute atomic E-state index is 0.127. The number of carbonyl (C=O) groups excluding carboxylic acids is 1. The third-order valence-corrected chi connectivity index (χ3v) is 8.13. The topological polar surface area (TPSA) is 88.2 Å². The van der Waals surface area contributed by atoms with E-state index in [1.54, 1.807) is 24.6 Å². The molecular formula is C22H35N3O5S. The van der Waals surface area contributed by atoms with Crippen LogP contribution in [0.3, 0.4) is 0 Å². The molecule has 2 aliphatic heterocycles. The van der Waals surface area contributed by atoms with E-state index in [2.05, 4.69) is 19.2 Å². The van der Waals surface area contributed by atoms with Gasteiger partial charge in [0.2, 0.25) is 5.91 Å². The Morgan fingerprint density at radius 3 is 2.45 bits per heavy atom. The van der Waals surface area contributed by atoms with Crippen molar-refractivity contribution in [2.24, 2.45) is 17.8 Å². The van der Waals surface area contributed by atoms with E-state index in [4.69, 9.17) is 9.47 Å². The maximum absolute atomic E-state index is 13.2. The molecule has 0 saturated carbocycles. The molecular weight excluding hydrogens is 418 g/mol. The van der Waals surface area contributed by atoms with Crippen LogP contribution in [0.15, 0.2) is 18.2 Å². The summed E-state index contributed by atoms with van der Waals surface area (Å²) in [5.41, 5.74) is 0.841. The molecule has 2 saturated heterocycles. The fourth-order valence-electron chi connectivity index (χ4n) is 4.65. The summed E-state index contributed by atoms with van der Waals surface area (Å²) in [6, 6.07) is 5.45. The van der Waals surface area contributed by atoms with Crippen LogP contribution in [0.4, 0.5) is 0 Å². The molecule has 0 aliphatic carbocycles. The van der Waals surface area contributed by atoms with Gasteiger partial charge in [-0.3, -0.25) is 4.79 Å². The van der Waals surface area contributed by atoms with Gasteiger partial charge in [-0.1, -0.05) is 13.8 Å². The molecule has 2 heterocycles. The zero-order valence-electron chi connectivity index (χ0n) is 19.0. The lowest BCUT2D eigenvalue weighted by Gasteiger charge is -2.39. The number of piperidine rings is 2. The number of hydrogen-bond acceptors (Lipinski definition) is 5. The van der Waals surface area contributed by atoms with Gasteiger partial charge in [-0.25, -0.2) is 0 Å². The number of amides is 1. The molecule has 0 spiro atoms. The number of ether oxygens (including phenoxy) is 2. The molecule has 1 amide bonds. The SMILES string of the molecule is COc1ccc(CNC(=O)[C@@H]2CCCN(S(=O)(=O)N3C[C@@H](C)C[C@H](C)C3)C2)c(OC)c1. The summed E-state index contributed by atoms with van der Waals surface area (Å²) in [6.07, 6.45) is 2.42. The normalized spacial score (nSPS) is 25.7. The molecule has 31 heavy (non-hydrogen) atoms. The quantitative estimate of drug-likeness (QED) is 0.684. The largest absolute Gasteiger partial charge is 0.497 e. The molecule has 0 aromatic heterocycles. The molecule has 1 N–H and O–H groups in total. The molecule has 0 radical (unpaired) electrons. The van der Waals surface area contributed by atoms with Crippen molar-refractivity contribution in [1.29, 1.82) is 0 Å². The van der Waals surface area contributed by atoms with Crippen LogP contribution >= 0.6 is 0 Å². The molecule has 0 unspecified atom stereocenters. The van der Waals surface area contributed by atoms with Crippen molar-refractivity contribution in [3.63, 3.8) is 0 Å². The van der Waals surface area contributed by atoms with Crippen molar-refractivity contribution in [1.82, 2.24) is 13.9 Å². The molecule has 9 heteroatoms. The average Bonchev–Trinajstić information content (AvgIpc) is 2.76. The Morgan fingerprint density at radius 1 is 1.10 bits per heavy atom. The monoisotopic (exact) mass is 453 g/mol. The number of carbonyl (C=O) groups is 1. The van der Waals surface area contributed by atoms with E-state index in [1.165, 1.54) is 4.31 Å². The van der Waals surface area contributed by atoms with Crippen LogP contribution < -0.4 is 14.8 Å². The van der Waals surface area contributed by atoms with Gasteiger partial charge in [0.15, 0.2) is 0 Å². The lowest BCUT2D eigenvalue weighted by Crippen LogP contribution is -2.53. The van der Waals surface area contributed by atoms with Crippen LogP contribution in [0.1, 0.15) is 38.7 Å². The summed E-state index contributed by atoms with van der Waals surface area (Å²) in [4.78, 5) is 12.8. The Balaban J connectivity index is 1.62. The molecule has 174 valence electrons. The summed E-state index contributed by atoms with van der Waals surface area (Å²) in [5.74, 6) is 1.54. The van der Waals surface area contributed by atoms with Gasteiger partial charge in [-0.2, -0.15) is 17.0 Å². The van der Waals surface area contributed by atoms with Gasteiger partial charge in [-0.15, -0.1) is 0 Å². The van der Waals surface area contributed by atoms with Crippen LogP contribution in [-0.2, 0) is 21.5 Å². The number of hydrogen-bond donors (Lipinski definition) is 1. The fraction of sp³-hybridized carbons (Fsp3) is 0.682. The highest BCUT2D eigenvalue weighted by atomic mass is 32.2. The Labute approximate surface area is 186 Å². The van der Waals surface area contributed by atoms with E-state index in [-0.39, 0.29) is 18.4 Å². The zero-order valence-corrected chi connectivity index (χ0v) is 19.8. The lowest BCUT2D eigenvalue weighted by atomic mass is 9.94. The second-order valence-electron chi connectivity index (χ2n) is 8.86. The van der Waals surface area contributed by atoms with E-state index in [0.29, 0.717) is 62.4 Å². The van der Waals surface area contributed by atoms with Crippen LogP contribution in [0, 0.1) is 17.8 Å². The van der Waals surface area contributed by atoms with Crippen molar-refractivity contribution in [3.05, 3.63) is 23.8 Å². The molecule has 3 rings (SSSR count). The van der Waals surface area contributed by atoms with E-state index in [9.17, 15) is 13.2 Å². The number of methoxy groups -OCH3 is 2. The van der Waals surface area contributed by atoms with Crippen molar-refractivity contribution in [3.8, 4) is 11.5 Å². The second kappa shape index (κ2) is 10.2. The average molecular weight is 454 g/mol. The maximum Gasteiger partial charge on any atom is 0.282 e. The summed E-state index contributed by atoms with van der Waals surface area (Å²) in [7, 11) is -0.387. The van der Waals surface area contributed by atoms with Crippen LogP contribution in [0.25, 0.3) is 0 Å². The predicted octanol–water partition coefficient (Wildman–Crippen LogP) is 2.25. The van der Waals surface area contributed by atoms with E-state index in [1.807, 2.05) is 12.1 Å². The predicted molar refractivity (Wildman–Crippen MR) is 119 cm³/mol. The van der Waals surface area contributed by atoms with Gasteiger partial charge in [0.1, 0.15) is 11.5 Å². The second-order valence-corrected chi connectivity index (χ2v) is 10.8. The van der Waals surface area contributed by atoms with Crippen molar-refractivity contribution >= 4 is 16.1 Å². The fourth-order valence-corrected chi connectivity index (χ4v) is 6.59. The third kappa shape index (κ3) is 5.70. The zero-order chi connectivity index (χ0) is 22.6. The van der Waals surface area contributed by atoms with Gasteiger partial charge < -0.3 is 14.8 Å². The first-order valence-electron chi connectivity index (χ1n) is 11.0. The molecule has 2 fully saturated rings. The summed E-state index contributed by atoms with van der Waals surface area (Å²) in [5, 5.41) is 2.95. The number of nitrogens with one attached hydrogen (secondary N) is 1. The van der Waals surface area contributed by atoms with Crippen molar-refractivity contribution in [2.45, 2.75) is 39.7 Å².